The Hall–Kier alpha value is -0.505. The van der Waals surface area contributed by atoms with Crippen molar-refractivity contribution in [1.82, 2.24) is 5.32 Å². The Morgan fingerprint density at radius 1 is 1.86 bits per heavy atom. The van der Waals surface area contributed by atoms with Gasteiger partial charge in [0.1, 0.15) is 7.85 Å². The first-order valence-electron chi connectivity index (χ1n) is 2.28. The summed E-state index contributed by atoms with van der Waals surface area (Å²) < 4.78 is 0. The van der Waals surface area contributed by atoms with E-state index in [1.807, 2.05) is 7.85 Å². The maximum Gasteiger partial charge on any atom is 0.233 e. The van der Waals surface area contributed by atoms with E-state index in [0.29, 0.717) is 6.44 Å². The number of hydrogen-bond donors (Lipinski definition) is 2. The summed E-state index contributed by atoms with van der Waals surface area (Å²) in [7, 11) is 1.85. The summed E-state index contributed by atoms with van der Waals surface area (Å²) >= 11 is 0. The second-order valence-corrected chi connectivity index (χ2v) is 1.16. The SMILES string of the molecule is BCNC(=O)CN. The Kier molecular flexibility index (Phi) is 3.41. The van der Waals surface area contributed by atoms with Gasteiger partial charge in [-0.2, -0.15) is 0 Å². The Morgan fingerprint density at radius 3 is 2.57 bits per heavy atom. The van der Waals surface area contributed by atoms with Crippen LogP contribution in [-0.4, -0.2) is 26.7 Å². The molecule has 0 bridgehead atoms. The molecule has 7 heavy (non-hydrogen) atoms. The second kappa shape index (κ2) is 3.68. The normalized spacial score (nSPS) is 8.14. The predicted octanol–water partition coefficient (Wildman–Crippen LogP) is -2.35. The lowest BCUT2D eigenvalue weighted by Crippen LogP contribution is -2.30. The first-order valence-corrected chi connectivity index (χ1v) is 2.28. The second-order valence-electron chi connectivity index (χ2n) is 1.16. The van der Waals surface area contributed by atoms with Gasteiger partial charge in [-0.25, -0.2) is 0 Å². The highest BCUT2D eigenvalue weighted by atomic mass is 16.1. The van der Waals surface area contributed by atoms with Gasteiger partial charge >= 0.3 is 0 Å². The van der Waals surface area contributed by atoms with E-state index in [4.69, 9.17) is 5.73 Å². The first kappa shape index (κ1) is 6.49. The van der Waals surface area contributed by atoms with E-state index < -0.39 is 0 Å². The van der Waals surface area contributed by atoms with E-state index in [2.05, 4.69) is 5.32 Å². The minimum Gasteiger partial charge on any atom is -0.363 e. The Morgan fingerprint density at radius 2 is 2.43 bits per heavy atom. The van der Waals surface area contributed by atoms with E-state index in [1.54, 1.807) is 0 Å². The molecule has 0 saturated heterocycles. The molecule has 0 saturated carbocycles. The maximum absolute atomic E-state index is 10.2. The quantitative estimate of drug-likeness (QED) is 0.382. The van der Waals surface area contributed by atoms with Crippen molar-refractivity contribution in [2.75, 3.05) is 13.0 Å². The molecule has 0 spiro atoms. The van der Waals surface area contributed by atoms with Crippen molar-refractivity contribution in [3.63, 3.8) is 0 Å². The van der Waals surface area contributed by atoms with Gasteiger partial charge in [-0.15, -0.1) is 0 Å². The zero-order valence-corrected chi connectivity index (χ0v) is 4.40. The molecule has 0 aliphatic rings. The zero-order valence-electron chi connectivity index (χ0n) is 4.40. The third-order valence-corrected chi connectivity index (χ3v) is 0.559. The monoisotopic (exact) mass is 100 g/mol. The smallest absolute Gasteiger partial charge is 0.233 e. The standard InChI is InChI=1S/C3H9BN2O/c4-2-6-3(7)1-5/h1-2,4-5H2,(H,6,7). The number of hydrogen-bond acceptors (Lipinski definition) is 2. The van der Waals surface area contributed by atoms with E-state index in [9.17, 15) is 4.79 Å². The highest BCUT2D eigenvalue weighted by Crippen LogP contribution is 1.51. The van der Waals surface area contributed by atoms with Crippen molar-refractivity contribution in [1.29, 1.82) is 0 Å². The number of nitrogens with one attached hydrogen (secondary N) is 1. The van der Waals surface area contributed by atoms with Gasteiger partial charge in [0, 0.05) is 0 Å². The molecule has 0 aromatic carbocycles. The van der Waals surface area contributed by atoms with Gasteiger partial charge in [0.15, 0.2) is 0 Å². The molecule has 40 valence electrons. The number of carbonyl (C=O) groups excluding carboxylic acids is 1. The molecule has 3 nitrogen and oxygen atoms in total. The average molecular weight is 99.9 g/mol. The van der Waals surface area contributed by atoms with Crippen molar-refractivity contribution in [2.24, 2.45) is 5.73 Å². The summed E-state index contributed by atoms with van der Waals surface area (Å²) in [6.45, 7) is 0.0911. The third-order valence-electron chi connectivity index (χ3n) is 0.559. The van der Waals surface area contributed by atoms with Crippen molar-refractivity contribution in [3.05, 3.63) is 0 Å². The molecule has 0 aliphatic heterocycles. The van der Waals surface area contributed by atoms with Crippen LogP contribution in [0.25, 0.3) is 0 Å². The summed E-state index contributed by atoms with van der Waals surface area (Å²) in [5, 5.41) is 2.53. The molecular formula is C3H9BN2O. The van der Waals surface area contributed by atoms with Crippen LogP contribution in [-0.2, 0) is 4.79 Å². The molecule has 0 radical (unpaired) electrons. The highest BCUT2D eigenvalue weighted by Gasteiger charge is 1.88. The molecule has 0 fully saturated rings. The number of amides is 1. The largest absolute Gasteiger partial charge is 0.363 e. The Bertz CT molecular complexity index is 66.0. The molecule has 0 aliphatic carbocycles. The Balaban J connectivity index is 3.00. The molecule has 0 rings (SSSR count). The van der Waals surface area contributed by atoms with E-state index >= 15 is 0 Å². The zero-order chi connectivity index (χ0) is 5.70. The molecule has 3 N–H and O–H groups in total. The van der Waals surface area contributed by atoms with Crippen molar-refractivity contribution < 1.29 is 4.79 Å². The predicted molar refractivity (Wildman–Crippen MR) is 30.6 cm³/mol. The van der Waals surface area contributed by atoms with Gasteiger partial charge in [0.25, 0.3) is 0 Å². The lowest BCUT2D eigenvalue weighted by Gasteiger charge is -1.93. The van der Waals surface area contributed by atoms with E-state index in [-0.39, 0.29) is 12.5 Å². The van der Waals surface area contributed by atoms with Gasteiger partial charge in [-0.1, -0.05) is 0 Å². The summed E-state index contributed by atoms with van der Waals surface area (Å²) in [6.07, 6.45) is 0.663. The molecule has 4 heteroatoms. The molecule has 1 amide bonds. The van der Waals surface area contributed by atoms with Crippen molar-refractivity contribution in [2.45, 2.75) is 0 Å². The molecule has 0 aromatic rings. The van der Waals surface area contributed by atoms with Crippen LogP contribution in [0.5, 0.6) is 0 Å². The van der Waals surface area contributed by atoms with Crippen LogP contribution in [0, 0.1) is 0 Å². The summed E-state index contributed by atoms with van der Waals surface area (Å²) in [5.74, 6) is -0.0949. The first-order chi connectivity index (χ1) is 3.31. The Labute approximate surface area is 43.7 Å². The van der Waals surface area contributed by atoms with Crippen LogP contribution in [0.3, 0.4) is 0 Å². The molecule has 0 aromatic heterocycles. The van der Waals surface area contributed by atoms with Gasteiger partial charge in [-0.05, 0) is 6.44 Å². The number of carbonyl (C=O) groups is 1. The molecule has 0 heterocycles. The minimum absolute atomic E-state index is 0.0911. The topological polar surface area (TPSA) is 55.1 Å². The fourth-order valence-corrected chi connectivity index (χ4v) is 0.269. The van der Waals surface area contributed by atoms with E-state index in [1.165, 1.54) is 0 Å². The van der Waals surface area contributed by atoms with Gasteiger partial charge in [0.2, 0.25) is 5.91 Å². The van der Waals surface area contributed by atoms with Crippen LogP contribution in [0.4, 0.5) is 0 Å². The van der Waals surface area contributed by atoms with Crippen LogP contribution in [0.1, 0.15) is 0 Å². The number of rotatable bonds is 2. The fourth-order valence-electron chi connectivity index (χ4n) is 0.269. The summed E-state index contributed by atoms with van der Waals surface area (Å²) in [4.78, 5) is 10.2. The summed E-state index contributed by atoms with van der Waals surface area (Å²) in [6, 6.07) is 0. The van der Waals surface area contributed by atoms with Gasteiger partial charge in [-0.3, -0.25) is 4.79 Å². The number of nitrogens with two attached hydrogens (primary N) is 1. The molecule has 0 atom stereocenters. The third kappa shape index (κ3) is 3.32. The summed E-state index contributed by atoms with van der Waals surface area (Å²) in [5.41, 5.74) is 4.95. The minimum atomic E-state index is -0.0949. The lowest BCUT2D eigenvalue weighted by molar-refractivity contribution is -0.119. The fraction of sp³-hybridized carbons (Fsp3) is 0.667. The van der Waals surface area contributed by atoms with E-state index in [0.717, 1.165) is 0 Å². The lowest BCUT2D eigenvalue weighted by atomic mass is 10.2. The average Bonchev–Trinajstić information content (AvgIpc) is 1.68. The van der Waals surface area contributed by atoms with Crippen LogP contribution in [0.2, 0.25) is 0 Å². The maximum atomic E-state index is 10.2. The van der Waals surface area contributed by atoms with Gasteiger partial charge in [0.05, 0.1) is 6.54 Å². The van der Waals surface area contributed by atoms with Crippen LogP contribution < -0.4 is 11.1 Å². The van der Waals surface area contributed by atoms with Crippen molar-refractivity contribution >= 4 is 13.8 Å². The van der Waals surface area contributed by atoms with Crippen LogP contribution >= 0.6 is 0 Å². The molecule has 0 unspecified atom stereocenters. The molecular weight excluding hydrogens is 90.9 g/mol. The van der Waals surface area contributed by atoms with Crippen molar-refractivity contribution in [3.8, 4) is 0 Å². The van der Waals surface area contributed by atoms with Crippen LogP contribution in [0.15, 0.2) is 0 Å². The highest BCUT2D eigenvalue weighted by molar-refractivity contribution is 6.10. The van der Waals surface area contributed by atoms with Gasteiger partial charge < -0.3 is 11.1 Å².